The summed E-state index contributed by atoms with van der Waals surface area (Å²) >= 11 is 0. The fourth-order valence-electron chi connectivity index (χ4n) is 3.24. The molecule has 0 fully saturated rings. The summed E-state index contributed by atoms with van der Waals surface area (Å²) in [4.78, 5) is 16.2. The van der Waals surface area contributed by atoms with E-state index in [-0.39, 0.29) is 29.5 Å². The Kier molecular flexibility index (Phi) is 12.2. The number of nitrogens with zero attached hydrogens (tertiary/aromatic N) is 2. The zero-order valence-electron chi connectivity index (χ0n) is 18.5. The maximum Gasteiger partial charge on any atom is 0.250 e. The lowest BCUT2D eigenvalue weighted by Crippen LogP contribution is -2.38. The number of pyridine rings is 1. The molecule has 0 aliphatic heterocycles. The summed E-state index contributed by atoms with van der Waals surface area (Å²) < 4.78 is 7.04. The van der Waals surface area contributed by atoms with Gasteiger partial charge < -0.3 is 19.9 Å². The standard InChI is InChI=1S/C23H34N4O2.HI/c1-18(20-10-12-21(29-4)13-11-20)14-16-26-23(24-3)25-15-5-6-17-27-19(2)8-7-9-22(27)28;/h7-13,18H,5-6,14-17H2,1-4H3,(H2,24,25,26);1H. The first kappa shape index (κ1) is 26.0. The van der Waals surface area contributed by atoms with Gasteiger partial charge in [-0.3, -0.25) is 9.79 Å². The molecule has 1 atom stereocenters. The molecule has 6 nitrogen and oxygen atoms in total. The first-order valence-corrected chi connectivity index (χ1v) is 10.3. The molecule has 0 amide bonds. The Bertz CT molecular complexity index is 834. The number of guanidine groups is 1. The first-order valence-electron chi connectivity index (χ1n) is 10.3. The van der Waals surface area contributed by atoms with Crippen molar-refractivity contribution in [2.45, 2.75) is 45.6 Å². The lowest BCUT2D eigenvalue weighted by Gasteiger charge is -2.16. The normalized spacial score (nSPS) is 12.1. The minimum absolute atomic E-state index is 0. The van der Waals surface area contributed by atoms with Crippen LogP contribution in [-0.4, -0.2) is 37.8 Å². The molecule has 0 radical (unpaired) electrons. The van der Waals surface area contributed by atoms with Crippen molar-refractivity contribution in [2.24, 2.45) is 4.99 Å². The van der Waals surface area contributed by atoms with Crippen molar-refractivity contribution in [1.82, 2.24) is 15.2 Å². The summed E-state index contributed by atoms with van der Waals surface area (Å²) in [5.74, 6) is 2.16. The monoisotopic (exact) mass is 526 g/mol. The van der Waals surface area contributed by atoms with Crippen LogP contribution in [-0.2, 0) is 6.54 Å². The highest BCUT2D eigenvalue weighted by molar-refractivity contribution is 14.0. The lowest BCUT2D eigenvalue weighted by atomic mass is 9.98. The minimum atomic E-state index is 0. The molecule has 1 aromatic carbocycles. The number of halogens is 1. The van der Waals surface area contributed by atoms with Gasteiger partial charge >= 0.3 is 0 Å². The predicted octanol–water partition coefficient (Wildman–Crippen LogP) is 3.92. The second-order valence-electron chi connectivity index (χ2n) is 7.25. The highest BCUT2D eigenvalue weighted by atomic mass is 127. The van der Waals surface area contributed by atoms with Crippen LogP contribution in [0.3, 0.4) is 0 Å². The number of aryl methyl sites for hydroxylation is 1. The molecule has 2 N–H and O–H groups in total. The molecule has 1 unspecified atom stereocenters. The van der Waals surface area contributed by atoms with E-state index in [1.807, 2.05) is 29.7 Å². The van der Waals surface area contributed by atoms with E-state index in [2.05, 4.69) is 34.7 Å². The number of benzene rings is 1. The minimum Gasteiger partial charge on any atom is -0.497 e. The zero-order chi connectivity index (χ0) is 21.1. The highest BCUT2D eigenvalue weighted by Gasteiger charge is 2.06. The van der Waals surface area contributed by atoms with Crippen molar-refractivity contribution in [2.75, 3.05) is 27.2 Å². The van der Waals surface area contributed by atoms with E-state index in [1.54, 1.807) is 26.3 Å². The molecule has 0 bridgehead atoms. The zero-order valence-corrected chi connectivity index (χ0v) is 20.8. The molecule has 30 heavy (non-hydrogen) atoms. The number of hydrogen-bond donors (Lipinski definition) is 2. The van der Waals surface area contributed by atoms with Crippen LogP contribution in [0.15, 0.2) is 52.3 Å². The maximum absolute atomic E-state index is 11.9. The van der Waals surface area contributed by atoms with Crippen molar-refractivity contribution < 1.29 is 4.74 Å². The number of methoxy groups -OCH3 is 1. The molecule has 1 aromatic heterocycles. The number of rotatable bonds is 10. The van der Waals surface area contributed by atoms with Gasteiger partial charge in [-0.25, -0.2) is 0 Å². The molecular weight excluding hydrogens is 491 g/mol. The Labute approximate surface area is 197 Å². The van der Waals surface area contributed by atoms with Crippen LogP contribution in [0.25, 0.3) is 0 Å². The molecule has 0 saturated carbocycles. The number of nitrogens with one attached hydrogen (secondary N) is 2. The first-order chi connectivity index (χ1) is 14.0. The van der Waals surface area contributed by atoms with Crippen LogP contribution in [0.1, 0.15) is 43.4 Å². The molecule has 1 heterocycles. The molecular formula is C23H35IN4O2. The average molecular weight is 526 g/mol. The van der Waals surface area contributed by atoms with E-state index >= 15 is 0 Å². The van der Waals surface area contributed by atoms with Crippen molar-refractivity contribution in [1.29, 1.82) is 0 Å². The molecule has 2 aromatic rings. The van der Waals surface area contributed by atoms with E-state index in [9.17, 15) is 4.79 Å². The molecule has 0 aliphatic rings. The largest absolute Gasteiger partial charge is 0.497 e. The van der Waals surface area contributed by atoms with Gasteiger partial charge in [-0.05, 0) is 55.9 Å². The fourth-order valence-corrected chi connectivity index (χ4v) is 3.24. The number of ether oxygens (including phenoxy) is 1. The van der Waals surface area contributed by atoms with E-state index in [0.29, 0.717) is 5.92 Å². The SMILES string of the molecule is CN=C(NCCCCn1c(C)cccc1=O)NCCC(C)c1ccc(OC)cc1.I. The molecule has 7 heteroatoms. The van der Waals surface area contributed by atoms with E-state index in [1.165, 1.54) is 5.56 Å². The summed E-state index contributed by atoms with van der Waals surface area (Å²) in [6.07, 6.45) is 2.94. The Morgan fingerprint density at radius 2 is 1.80 bits per heavy atom. The second-order valence-corrected chi connectivity index (χ2v) is 7.25. The second kappa shape index (κ2) is 14.1. The summed E-state index contributed by atoms with van der Waals surface area (Å²) in [6, 6.07) is 13.6. The smallest absolute Gasteiger partial charge is 0.250 e. The van der Waals surface area contributed by atoms with Crippen molar-refractivity contribution >= 4 is 29.9 Å². The lowest BCUT2D eigenvalue weighted by molar-refractivity contribution is 0.414. The van der Waals surface area contributed by atoms with Crippen LogP contribution in [0.5, 0.6) is 5.75 Å². The third-order valence-electron chi connectivity index (χ3n) is 5.15. The fraction of sp³-hybridized carbons (Fsp3) is 0.478. The number of unbranched alkanes of at least 4 members (excludes halogenated alkanes) is 1. The topological polar surface area (TPSA) is 67.7 Å². The Morgan fingerprint density at radius 3 is 2.43 bits per heavy atom. The maximum atomic E-state index is 11.9. The quantitative estimate of drug-likeness (QED) is 0.213. The Balaban J connectivity index is 0.00000450. The van der Waals surface area contributed by atoms with Crippen LogP contribution in [0.2, 0.25) is 0 Å². The molecule has 0 saturated heterocycles. The summed E-state index contributed by atoms with van der Waals surface area (Å²) in [6.45, 7) is 6.63. The average Bonchev–Trinajstić information content (AvgIpc) is 2.74. The van der Waals surface area contributed by atoms with Crippen LogP contribution in [0, 0.1) is 6.92 Å². The van der Waals surface area contributed by atoms with E-state index < -0.39 is 0 Å². The van der Waals surface area contributed by atoms with Gasteiger partial charge in [0.05, 0.1) is 7.11 Å². The number of aliphatic imine (C=N–C) groups is 1. The molecule has 0 aliphatic carbocycles. The van der Waals surface area contributed by atoms with Gasteiger partial charge in [0.1, 0.15) is 5.75 Å². The summed E-state index contributed by atoms with van der Waals surface area (Å²) in [7, 11) is 3.47. The van der Waals surface area contributed by atoms with Crippen LogP contribution in [0.4, 0.5) is 0 Å². The number of aromatic nitrogens is 1. The third kappa shape index (κ3) is 8.38. The van der Waals surface area contributed by atoms with Crippen LogP contribution < -0.4 is 20.9 Å². The van der Waals surface area contributed by atoms with Gasteiger partial charge in [0.2, 0.25) is 0 Å². The van der Waals surface area contributed by atoms with Crippen molar-refractivity contribution in [3.63, 3.8) is 0 Å². The Hall–Kier alpha value is -2.03. The van der Waals surface area contributed by atoms with E-state index in [4.69, 9.17) is 4.74 Å². The van der Waals surface area contributed by atoms with Gasteiger partial charge in [0.15, 0.2) is 5.96 Å². The van der Waals surface area contributed by atoms with Crippen LogP contribution >= 0.6 is 24.0 Å². The molecule has 2 rings (SSSR count). The van der Waals surface area contributed by atoms with E-state index in [0.717, 1.165) is 56.3 Å². The third-order valence-corrected chi connectivity index (χ3v) is 5.15. The van der Waals surface area contributed by atoms with Crippen molar-refractivity contribution in [3.8, 4) is 5.75 Å². The van der Waals surface area contributed by atoms with Gasteiger partial charge in [-0.2, -0.15) is 0 Å². The highest BCUT2D eigenvalue weighted by Crippen LogP contribution is 2.21. The Morgan fingerprint density at radius 1 is 1.10 bits per heavy atom. The van der Waals surface area contributed by atoms with Gasteiger partial charge in [0, 0.05) is 38.4 Å². The predicted molar refractivity (Wildman–Crippen MR) is 135 cm³/mol. The van der Waals surface area contributed by atoms with Gasteiger partial charge in [-0.15, -0.1) is 24.0 Å². The molecule has 166 valence electrons. The molecule has 0 spiro atoms. The summed E-state index contributed by atoms with van der Waals surface area (Å²) in [5, 5.41) is 6.73. The van der Waals surface area contributed by atoms with Gasteiger partial charge in [0.25, 0.3) is 5.56 Å². The number of hydrogen-bond acceptors (Lipinski definition) is 3. The van der Waals surface area contributed by atoms with Gasteiger partial charge in [-0.1, -0.05) is 25.1 Å². The van der Waals surface area contributed by atoms with Crippen molar-refractivity contribution in [3.05, 3.63) is 64.1 Å². The summed E-state index contributed by atoms with van der Waals surface area (Å²) in [5.41, 5.74) is 2.39.